The number of nitrogens with two attached hydrogens (primary N) is 1. The summed E-state index contributed by atoms with van der Waals surface area (Å²) in [7, 11) is 1.50. The average molecular weight is 395 g/mol. The van der Waals surface area contributed by atoms with E-state index in [1.807, 2.05) is 0 Å². The number of hydrogen-bond acceptors (Lipinski definition) is 5. The van der Waals surface area contributed by atoms with E-state index in [1.165, 1.54) is 47.8 Å². The molecule has 156 valence electrons. The van der Waals surface area contributed by atoms with E-state index in [9.17, 15) is 0 Å². The van der Waals surface area contributed by atoms with Crippen molar-refractivity contribution in [2.45, 2.75) is 38.3 Å². The van der Waals surface area contributed by atoms with Crippen LogP contribution in [-0.2, 0) is 13.0 Å². The number of H-pyrrole nitrogens is 1. The van der Waals surface area contributed by atoms with Crippen LogP contribution in [0.3, 0.4) is 0 Å². The summed E-state index contributed by atoms with van der Waals surface area (Å²) in [5.41, 5.74) is 9.44. The molecule has 6 heteroatoms. The van der Waals surface area contributed by atoms with Gasteiger partial charge in [0, 0.05) is 29.5 Å². The fourth-order valence-electron chi connectivity index (χ4n) is 3.81. The summed E-state index contributed by atoms with van der Waals surface area (Å²) in [4.78, 5) is 8.01. The lowest BCUT2D eigenvalue weighted by atomic mass is 10.1. The molecule has 2 aromatic rings. The van der Waals surface area contributed by atoms with Crippen LogP contribution >= 0.6 is 0 Å². The number of nitrogens with zero attached hydrogens (tertiary/aromatic N) is 1. The van der Waals surface area contributed by atoms with Gasteiger partial charge in [0.05, 0.1) is 18.9 Å². The highest BCUT2D eigenvalue weighted by molar-refractivity contribution is 5.96. The van der Waals surface area contributed by atoms with Crippen LogP contribution in [0.2, 0.25) is 0 Å². The fourth-order valence-corrected chi connectivity index (χ4v) is 3.81. The van der Waals surface area contributed by atoms with Crippen LogP contribution < -0.4 is 21.7 Å². The predicted molar refractivity (Wildman–Crippen MR) is 123 cm³/mol. The van der Waals surface area contributed by atoms with Crippen molar-refractivity contribution in [3.8, 4) is 0 Å². The van der Waals surface area contributed by atoms with Gasteiger partial charge >= 0.3 is 0 Å². The van der Waals surface area contributed by atoms with Gasteiger partial charge in [-0.3, -0.25) is 4.99 Å². The molecule has 1 fully saturated rings. The van der Waals surface area contributed by atoms with Gasteiger partial charge in [0.1, 0.15) is 0 Å². The third-order valence-corrected chi connectivity index (χ3v) is 5.29. The lowest BCUT2D eigenvalue weighted by Gasteiger charge is -2.26. The number of piperidine rings is 1. The molecule has 1 aromatic carbocycles. The van der Waals surface area contributed by atoms with Gasteiger partial charge in [0.2, 0.25) is 0 Å². The van der Waals surface area contributed by atoms with Crippen molar-refractivity contribution >= 4 is 16.6 Å². The second-order valence-corrected chi connectivity index (χ2v) is 7.47. The number of allylic oxidation sites excluding steroid dienone is 1. The summed E-state index contributed by atoms with van der Waals surface area (Å²) >= 11 is 0. The molecular weight excluding hydrogens is 360 g/mol. The van der Waals surface area contributed by atoms with E-state index in [0.717, 1.165) is 44.8 Å². The molecule has 29 heavy (non-hydrogen) atoms. The molecule has 0 spiro atoms. The lowest BCUT2D eigenvalue weighted by Crippen LogP contribution is -2.44. The van der Waals surface area contributed by atoms with Crippen molar-refractivity contribution in [1.29, 1.82) is 0 Å². The zero-order valence-corrected chi connectivity index (χ0v) is 17.4. The number of benzene rings is 1. The minimum atomic E-state index is 0.475. The van der Waals surface area contributed by atoms with E-state index in [2.05, 4.69) is 74.7 Å². The molecule has 6 nitrogen and oxygen atoms in total. The van der Waals surface area contributed by atoms with Crippen LogP contribution in [0.25, 0.3) is 10.9 Å². The van der Waals surface area contributed by atoms with Crippen LogP contribution in [0.5, 0.6) is 0 Å². The highest BCUT2D eigenvalue weighted by atomic mass is 15.1. The van der Waals surface area contributed by atoms with Gasteiger partial charge in [0.25, 0.3) is 0 Å². The minimum absolute atomic E-state index is 0.475. The number of aliphatic imine (C=N–C) groups is 1. The van der Waals surface area contributed by atoms with Gasteiger partial charge in [-0.1, -0.05) is 24.8 Å². The monoisotopic (exact) mass is 394 g/mol. The first kappa shape index (κ1) is 21.1. The Hall–Kier alpha value is -2.57. The number of aromatic nitrogens is 1. The van der Waals surface area contributed by atoms with Crippen molar-refractivity contribution in [2.75, 3.05) is 26.7 Å². The Balaban J connectivity index is 0.00000117. The Kier molecular flexibility index (Phi) is 7.90. The maximum absolute atomic E-state index is 4.50. The number of fused-ring (bicyclic) bond motifs is 1. The standard InChI is InChI=1S/C22H29N5.CH5N/c1-16(26-20-5-2-10-23-14-20)25-15-21-13-18-8-6-17(12-22(18)27-21)7-9-19-4-3-11-24-19;1-2/h3-4,6,8,12-13,20,23,25-27H,1-2,5,7,9-11,14-15H2;2H2,1H3. The molecule has 0 bridgehead atoms. The fraction of sp³-hybridized carbons (Fsp3) is 0.435. The Morgan fingerprint density at radius 3 is 2.93 bits per heavy atom. The van der Waals surface area contributed by atoms with Crippen molar-refractivity contribution < 1.29 is 0 Å². The van der Waals surface area contributed by atoms with Crippen LogP contribution in [0.4, 0.5) is 0 Å². The minimum Gasteiger partial charge on any atom is -0.368 e. The molecular formula is C23H34N6. The Bertz CT molecular complexity index is 857. The number of hydrogen-bond donors (Lipinski definition) is 5. The topological polar surface area (TPSA) is 90.3 Å². The SMILES string of the molecule is C=C(NCc1cc2ccc(CCC3=NCC=C3)cc2[nH]1)NC1CCCNC1.CN. The van der Waals surface area contributed by atoms with Crippen LogP contribution in [0.1, 0.15) is 30.5 Å². The van der Waals surface area contributed by atoms with E-state index < -0.39 is 0 Å². The molecule has 1 unspecified atom stereocenters. The van der Waals surface area contributed by atoms with Crippen molar-refractivity contribution in [1.82, 2.24) is 20.9 Å². The molecule has 1 aromatic heterocycles. The maximum Gasteiger partial charge on any atom is 0.0918 e. The molecule has 4 rings (SSSR count). The third kappa shape index (κ3) is 6.21. The average Bonchev–Trinajstić information content (AvgIpc) is 3.42. The van der Waals surface area contributed by atoms with Crippen LogP contribution in [0, 0.1) is 0 Å². The molecule has 1 atom stereocenters. The van der Waals surface area contributed by atoms with E-state index >= 15 is 0 Å². The summed E-state index contributed by atoms with van der Waals surface area (Å²) in [6.45, 7) is 7.84. The van der Waals surface area contributed by atoms with Gasteiger partial charge in [-0.05, 0) is 68.4 Å². The van der Waals surface area contributed by atoms with E-state index in [4.69, 9.17) is 0 Å². The molecule has 2 aliphatic heterocycles. The van der Waals surface area contributed by atoms with Gasteiger partial charge in [-0.15, -0.1) is 0 Å². The molecule has 2 aliphatic rings. The molecule has 0 saturated carbocycles. The second kappa shape index (κ2) is 10.8. The smallest absolute Gasteiger partial charge is 0.0918 e. The van der Waals surface area contributed by atoms with Crippen LogP contribution in [0.15, 0.2) is 53.8 Å². The van der Waals surface area contributed by atoms with Gasteiger partial charge < -0.3 is 26.7 Å². The van der Waals surface area contributed by atoms with Crippen molar-refractivity contribution in [2.24, 2.45) is 10.7 Å². The number of aromatic amines is 1. The maximum atomic E-state index is 4.50. The Morgan fingerprint density at radius 1 is 1.28 bits per heavy atom. The Morgan fingerprint density at radius 2 is 2.17 bits per heavy atom. The normalized spacial score (nSPS) is 18.1. The number of aryl methyl sites for hydroxylation is 1. The first-order valence-corrected chi connectivity index (χ1v) is 10.5. The second-order valence-electron chi connectivity index (χ2n) is 7.47. The highest BCUT2D eigenvalue weighted by Gasteiger charge is 2.12. The number of rotatable bonds is 8. The molecule has 0 radical (unpaired) electrons. The summed E-state index contributed by atoms with van der Waals surface area (Å²) in [5, 5.41) is 11.5. The zero-order chi connectivity index (χ0) is 20.5. The largest absolute Gasteiger partial charge is 0.368 e. The molecule has 0 aliphatic carbocycles. The first-order valence-electron chi connectivity index (χ1n) is 10.5. The predicted octanol–water partition coefficient (Wildman–Crippen LogP) is 2.59. The summed E-state index contributed by atoms with van der Waals surface area (Å²) in [6.07, 6.45) is 8.72. The quantitative estimate of drug-likeness (QED) is 0.476. The number of nitrogens with one attached hydrogen (secondary N) is 4. The molecule has 1 saturated heterocycles. The van der Waals surface area contributed by atoms with E-state index in [0.29, 0.717) is 6.04 Å². The first-order chi connectivity index (χ1) is 14.3. The van der Waals surface area contributed by atoms with Crippen molar-refractivity contribution in [3.05, 3.63) is 60.1 Å². The summed E-state index contributed by atoms with van der Waals surface area (Å²) in [6, 6.07) is 9.38. The molecule has 0 amide bonds. The summed E-state index contributed by atoms with van der Waals surface area (Å²) in [5.74, 6) is 0.897. The van der Waals surface area contributed by atoms with E-state index in [1.54, 1.807) is 0 Å². The highest BCUT2D eigenvalue weighted by Crippen LogP contribution is 2.19. The van der Waals surface area contributed by atoms with E-state index in [-0.39, 0.29) is 0 Å². The zero-order valence-electron chi connectivity index (χ0n) is 17.4. The Labute approximate surface area is 173 Å². The lowest BCUT2D eigenvalue weighted by molar-refractivity contribution is 0.405. The van der Waals surface area contributed by atoms with Crippen molar-refractivity contribution in [3.63, 3.8) is 0 Å². The van der Waals surface area contributed by atoms with Gasteiger partial charge in [0.15, 0.2) is 0 Å². The van der Waals surface area contributed by atoms with Gasteiger partial charge in [-0.25, -0.2) is 0 Å². The third-order valence-electron chi connectivity index (χ3n) is 5.29. The van der Waals surface area contributed by atoms with Gasteiger partial charge in [-0.2, -0.15) is 0 Å². The van der Waals surface area contributed by atoms with Crippen LogP contribution in [-0.4, -0.2) is 43.4 Å². The summed E-state index contributed by atoms with van der Waals surface area (Å²) < 4.78 is 0. The molecule has 3 heterocycles. The molecule has 6 N–H and O–H groups in total.